The maximum atomic E-state index is 13.2. The Balaban J connectivity index is 1.65. The summed E-state index contributed by atoms with van der Waals surface area (Å²) >= 11 is 1.62. The van der Waals surface area contributed by atoms with Gasteiger partial charge in [-0.1, -0.05) is 24.3 Å². The van der Waals surface area contributed by atoms with Gasteiger partial charge in [-0.15, -0.1) is 11.3 Å². The van der Waals surface area contributed by atoms with Crippen LogP contribution in [0, 0.1) is 6.92 Å². The van der Waals surface area contributed by atoms with Crippen molar-refractivity contribution in [1.82, 2.24) is 9.88 Å². The van der Waals surface area contributed by atoms with Crippen molar-refractivity contribution >= 4 is 40.0 Å². The molecule has 1 atom stereocenters. The van der Waals surface area contributed by atoms with Gasteiger partial charge in [0.1, 0.15) is 5.82 Å². The molecule has 2 aromatic heterocycles. The summed E-state index contributed by atoms with van der Waals surface area (Å²) in [5, 5.41) is 3.11. The molecule has 1 fully saturated rings. The van der Waals surface area contributed by atoms with Gasteiger partial charge in [0.05, 0.1) is 11.6 Å². The van der Waals surface area contributed by atoms with Gasteiger partial charge in [0.15, 0.2) is 0 Å². The lowest BCUT2D eigenvalue weighted by Gasteiger charge is -2.27. The van der Waals surface area contributed by atoms with Crippen LogP contribution in [0.5, 0.6) is 0 Å². The lowest BCUT2D eigenvalue weighted by molar-refractivity contribution is -0.128. The first-order chi connectivity index (χ1) is 15.0. The number of fused-ring (bicyclic) bond motifs is 1. The van der Waals surface area contributed by atoms with Crippen molar-refractivity contribution in [3.63, 3.8) is 0 Å². The molecule has 4 rings (SSSR count). The van der Waals surface area contributed by atoms with Gasteiger partial charge in [-0.05, 0) is 48.9 Å². The number of anilines is 1. The van der Waals surface area contributed by atoms with Gasteiger partial charge in [0.2, 0.25) is 5.91 Å². The Bertz CT molecular complexity index is 1070. The summed E-state index contributed by atoms with van der Waals surface area (Å²) in [6, 6.07) is 12.4. The van der Waals surface area contributed by atoms with E-state index < -0.39 is 0 Å². The van der Waals surface area contributed by atoms with Crippen molar-refractivity contribution in [3.05, 3.63) is 63.9 Å². The molecule has 1 saturated heterocycles. The number of ether oxygens (including phenoxy) is 1. The lowest BCUT2D eigenvalue weighted by atomic mass is 10.1. The minimum absolute atomic E-state index is 0.00190. The number of para-hydroxylation sites is 1. The number of benzene rings is 1. The molecule has 1 amide bonds. The third-order valence-corrected chi connectivity index (χ3v) is 6.42. The molecule has 0 spiro atoms. The van der Waals surface area contributed by atoms with Crippen LogP contribution in [-0.2, 0) is 16.1 Å². The van der Waals surface area contributed by atoms with E-state index in [0.29, 0.717) is 13.1 Å². The number of aromatic nitrogens is 1. The molecule has 6 heteroatoms. The summed E-state index contributed by atoms with van der Waals surface area (Å²) in [4.78, 5) is 23.1. The SMILES string of the molecule is Cc1cccc2cc(CN(CC3CCCO3)C(=O)/C=C/c3cccs3)c(N(C)C)nc12. The van der Waals surface area contributed by atoms with E-state index in [4.69, 9.17) is 9.72 Å². The van der Waals surface area contributed by atoms with E-state index in [1.807, 2.05) is 47.5 Å². The minimum atomic E-state index is -0.00190. The molecule has 0 saturated carbocycles. The zero-order valence-electron chi connectivity index (χ0n) is 18.4. The Morgan fingerprint density at radius 2 is 2.16 bits per heavy atom. The molecule has 3 aromatic rings. The smallest absolute Gasteiger partial charge is 0.246 e. The molecule has 0 radical (unpaired) electrons. The fraction of sp³-hybridized carbons (Fsp3) is 0.360. The maximum absolute atomic E-state index is 13.2. The Labute approximate surface area is 188 Å². The van der Waals surface area contributed by atoms with E-state index >= 15 is 0 Å². The van der Waals surface area contributed by atoms with Crippen LogP contribution in [0.1, 0.15) is 28.8 Å². The van der Waals surface area contributed by atoms with Gasteiger partial charge >= 0.3 is 0 Å². The third-order valence-electron chi connectivity index (χ3n) is 5.58. The lowest BCUT2D eigenvalue weighted by Crippen LogP contribution is -2.36. The molecule has 0 N–H and O–H groups in total. The first kappa shape index (κ1) is 21.5. The number of rotatable bonds is 7. The number of carbonyl (C=O) groups excluding carboxylic acids is 1. The highest BCUT2D eigenvalue weighted by Gasteiger charge is 2.23. The molecule has 0 aliphatic carbocycles. The molecule has 3 heterocycles. The van der Waals surface area contributed by atoms with Crippen LogP contribution in [0.4, 0.5) is 5.82 Å². The number of hydrogen-bond acceptors (Lipinski definition) is 5. The molecule has 1 unspecified atom stereocenters. The summed E-state index contributed by atoms with van der Waals surface area (Å²) in [6.07, 6.45) is 5.71. The zero-order valence-corrected chi connectivity index (χ0v) is 19.2. The van der Waals surface area contributed by atoms with Crippen molar-refractivity contribution in [2.45, 2.75) is 32.4 Å². The molecule has 162 valence electrons. The molecule has 5 nitrogen and oxygen atoms in total. The fourth-order valence-corrected chi connectivity index (χ4v) is 4.62. The maximum Gasteiger partial charge on any atom is 0.246 e. The Morgan fingerprint density at radius 1 is 1.29 bits per heavy atom. The summed E-state index contributed by atoms with van der Waals surface area (Å²) in [7, 11) is 4.00. The van der Waals surface area contributed by atoms with E-state index in [1.54, 1.807) is 17.4 Å². The Hall–Kier alpha value is -2.70. The number of thiophene rings is 1. The first-order valence-electron chi connectivity index (χ1n) is 10.7. The van der Waals surface area contributed by atoms with Crippen molar-refractivity contribution in [3.8, 4) is 0 Å². The topological polar surface area (TPSA) is 45.7 Å². The van der Waals surface area contributed by atoms with Crippen LogP contribution in [0.3, 0.4) is 0 Å². The minimum Gasteiger partial charge on any atom is -0.376 e. The van der Waals surface area contributed by atoms with Gasteiger partial charge in [0.25, 0.3) is 0 Å². The average Bonchev–Trinajstić information content (AvgIpc) is 3.45. The largest absolute Gasteiger partial charge is 0.376 e. The Kier molecular flexibility index (Phi) is 6.68. The number of amides is 1. The summed E-state index contributed by atoms with van der Waals surface area (Å²) in [5.41, 5.74) is 3.20. The van der Waals surface area contributed by atoms with Crippen LogP contribution >= 0.6 is 11.3 Å². The van der Waals surface area contributed by atoms with Gasteiger partial charge in [-0.3, -0.25) is 4.79 Å². The van der Waals surface area contributed by atoms with Crippen LogP contribution in [0.2, 0.25) is 0 Å². The van der Waals surface area contributed by atoms with Crippen LogP contribution in [-0.4, -0.2) is 49.1 Å². The number of carbonyl (C=O) groups is 1. The van der Waals surface area contributed by atoms with Gasteiger partial charge in [0, 0.05) is 55.7 Å². The van der Waals surface area contributed by atoms with E-state index in [-0.39, 0.29) is 12.0 Å². The Morgan fingerprint density at radius 3 is 2.87 bits per heavy atom. The average molecular weight is 436 g/mol. The highest BCUT2D eigenvalue weighted by atomic mass is 32.1. The monoisotopic (exact) mass is 435 g/mol. The normalized spacial score (nSPS) is 16.3. The molecule has 1 aliphatic rings. The molecule has 1 aromatic carbocycles. The van der Waals surface area contributed by atoms with Crippen molar-refractivity contribution < 1.29 is 9.53 Å². The van der Waals surface area contributed by atoms with Gasteiger partial charge in [-0.25, -0.2) is 4.98 Å². The highest BCUT2D eigenvalue weighted by molar-refractivity contribution is 7.10. The second-order valence-corrected chi connectivity index (χ2v) is 9.19. The van der Waals surface area contributed by atoms with Gasteiger partial charge < -0.3 is 14.5 Å². The quantitative estimate of drug-likeness (QED) is 0.496. The molecule has 0 bridgehead atoms. The molecular formula is C25H29N3O2S. The third kappa shape index (κ3) is 5.14. The van der Waals surface area contributed by atoms with E-state index in [2.05, 4.69) is 31.2 Å². The molecule has 31 heavy (non-hydrogen) atoms. The molecular weight excluding hydrogens is 406 g/mol. The van der Waals surface area contributed by atoms with Gasteiger partial charge in [-0.2, -0.15) is 0 Å². The second kappa shape index (κ2) is 9.62. The number of aryl methyl sites for hydroxylation is 1. The first-order valence-corrected chi connectivity index (χ1v) is 11.6. The standard InChI is InChI=1S/C25H29N3O2S/c1-18-7-4-8-19-15-20(25(27(2)3)26-24(18)19)16-28(17-21-9-5-13-30-21)23(29)12-11-22-10-6-14-31-22/h4,6-8,10-12,14-15,21H,5,9,13,16-17H2,1-3H3/b12-11+. The van der Waals surface area contributed by atoms with Crippen LogP contribution in [0.25, 0.3) is 17.0 Å². The highest BCUT2D eigenvalue weighted by Crippen LogP contribution is 2.26. The van der Waals surface area contributed by atoms with E-state index in [9.17, 15) is 4.79 Å². The second-order valence-electron chi connectivity index (χ2n) is 8.21. The van der Waals surface area contributed by atoms with E-state index in [1.165, 1.54) is 0 Å². The number of nitrogens with zero attached hydrogens (tertiary/aromatic N) is 3. The number of hydrogen-bond donors (Lipinski definition) is 0. The predicted molar refractivity (Wildman–Crippen MR) is 129 cm³/mol. The number of pyridine rings is 1. The van der Waals surface area contributed by atoms with Crippen molar-refractivity contribution in [2.75, 3.05) is 32.1 Å². The van der Waals surface area contributed by atoms with Crippen LogP contribution in [0.15, 0.2) is 47.9 Å². The predicted octanol–water partition coefficient (Wildman–Crippen LogP) is 4.89. The van der Waals surface area contributed by atoms with Crippen molar-refractivity contribution in [1.29, 1.82) is 0 Å². The summed E-state index contributed by atoms with van der Waals surface area (Å²) < 4.78 is 5.84. The van der Waals surface area contributed by atoms with Crippen molar-refractivity contribution in [2.24, 2.45) is 0 Å². The fourth-order valence-electron chi connectivity index (χ4n) is 4.00. The zero-order chi connectivity index (χ0) is 21.8. The molecule has 1 aliphatic heterocycles. The van der Waals surface area contributed by atoms with E-state index in [0.717, 1.165) is 52.2 Å². The summed E-state index contributed by atoms with van der Waals surface area (Å²) in [6.45, 7) is 3.94. The van der Waals surface area contributed by atoms with Crippen LogP contribution < -0.4 is 4.90 Å². The summed E-state index contributed by atoms with van der Waals surface area (Å²) in [5.74, 6) is 0.895.